The minimum Gasteiger partial charge on any atom is -0.448 e. The molecule has 1 atom stereocenters. The molecule has 0 N–H and O–H groups in total. The van der Waals surface area contributed by atoms with Gasteiger partial charge in [-0.25, -0.2) is 9.97 Å². The maximum atomic E-state index is 12.9. The monoisotopic (exact) mass is 365 g/mol. The van der Waals surface area contributed by atoms with Crippen molar-refractivity contribution in [2.45, 2.75) is 38.6 Å². The lowest BCUT2D eigenvalue weighted by Crippen LogP contribution is -2.40. The summed E-state index contributed by atoms with van der Waals surface area (Å²) in [6.45, 7) is 4.04. The van der Waals surface area contributed by atoms with E-state index in [0.717, 1.165) is 30.9 Å². The molecule has 1 amide bonds. The first kappa shape index (κ1) is 17.5. The van der Waals surface area contributed by atoms with E-state index in [1.807, 2.05) is 42.4 Å². The second kappa shape index (κ2) is 7.73. The Labute approximate surface area is 158 Å². The summed E-state index contributed by atoms with van der Waals surface area (Å²) in [4.78, 5) is 27.9. The Kier molecular flexibility index (Phi) is 5.00. The first-order valence-corrected chi connectivity index (χ1v) is 9.38. The summed E-state index contributed by atoms with van der Waals surface area (Å²) in [5, 5.41) is 0. The molecule has 3 aromatic heterocycles. The number of imidazole rings is 1. The summed E-state index contributed by atoms with van der Waals surface area (Å²) in [6.07, 6.45) is 9.59. The second-order valence-corrected chi connectivity index (χ2v) is 6.80. The SMILES string of the molecule is CCc1ocnc1C(=O)N1CCC[C@@H](c2nccn2Cc2ccccn2)C1. The molecule has 27 heavy (non-hydrogen) atoms. The molecule has 0 unspecified atom stereocenters. The van der Waals surface area contributed by atoms with Gasteiger partial charge in [-0.3, -0.25) is 9.78 Å². The minimum atomic E-state index is -0.0480. The number of aryl methyl sites for hydroxylation is 1. The Morgan fingerprint density at radius 1 is 1.26 bits per heavy atom. The highest BCUT2D eigenvalue weighted by Gasteiger charge is 2.30. The van der Waals surface area contributed by atoms with E-state index in [1.54, 1.807) is 6.20 Å². The zero-order chi connectivity index (χ0) is 18.6. The smallest absolute Gasteiger partial charge is 0.276 e. The molecule has 4 rings (SSSR count). The number of rotatable bonds is 5. The largest absolute Gasteiger partial charge is 0.448 e. The normalized spacial score (nSPS) is 17.2. The molecule has 1 aliphatic rings. The van der Waals surface area contributed by atoms with E-state index < -0.39 is 0 Å². The predicted molar refractivity (Wildman–Crippen MR) is 99.3 cm³/mol. The fourth-order valence-corrected chi connectivity index (χ4v) is 3.70. The molecule has 0 radical (unpaired) electrons. The van der Waals surface area contributed by atoms with Crippen LogP contribution in [0.25, 0.3) is 0 Å². The lowest BCUT2D eigenvalue weighted by molar-refractivity contribution is 0.0696. The predicted octanol–water partition coefficient (Wildman–Crippen LogP) is 2.90. The third kappa shape index (κ3) is 3.63. The number of carbonyl (C=O) groups is 1. The van der Waals surface area contributed by atoms with Gasteiger partial charge in [0.15, 0.2) is 12.1 Å². The van der Waals surface area contributed by atoms with Gasteiger partial charge in [0.05, 0.1) is 12.2 Å². The van der Waals surface area contributed by atoms with Crippen LogP contribution in [-0.4, -0.2) is 43.4 Å². The first-order chi connectivity index (χ1) is 13.3. The number of hydrogen-bond acceptors (Lipinski definition) is 5. The van der Waals surface area contributed by atoms with Crippen LogP contribution in [0.4, 0.5) is 0 Å². The molecule has 0 spiro atoms. The van der Waals surface area contributed by atoms with E-state index in [2.05, 4.69) is 19.5 Å². The van der Waals surface area contributed by atoms with Crippen molar-refractivity contribution >= 4 is 5.91 Å². The van der Waals surface area contributed by atoms with Crippen LogP contribution in [0.5, 0.6) is 0 Å². The quantitative estimate of drug-likeness (QED) is 0.695. The van der Waals surface area contributed by atoms with E-state index in [1.165, 1.54) is 6.39 Å². The highest BCUT2D eigenvalue weighted by molar-refractivity contribution is 5.93. The Hall–Kier alpha value is -2.96. The van der Waals surface area contributed by atoms with Gasteiger partial charge in [0.25, 0.3) is 5.91 Å². The van der Waals surface area contributed by atoms with Gasteiger partial charge in [-0.1, -0.05) is 13.0 Å². The van der Waals surface area contributed by atoms with Gasteiger partial charge in [0.1, 0.15) is 11.6 Å². The van der Waals surface area contributed by atoms with Crippen LogP contribution in [0, 0.1) is 0 Å². The van der Waals surface area contributed by atoms with Crippen molar-refractivity contribution in [1.29, 1.82) is 0 Å². The first-order valence-electron chi connectivity index (χ1n) is 9.38. The number of oxazole rings is 1. The van der Waals surface area contributed by atoms with Gasteiger partial charge in [0.2, 0.25) is 0 Å². The molecular weight excluding hydrogens is 342 g/mol. The Balaban J connectivity index is 1.51. The number of pyridine rings is 1. The van der Waals surface area contributed by atoms with Crippen molar-refractivity contribution in [3.05, 3.63) is 66.2 Å². The highest BCUT2D eigenvalue weighted by Crippen LogP contribution is 2.27. The lowest BCUT2D eigenvalue weighted by atomic mass is 9.96. The number of carbonyl (C=O) groups excluding carboxylic acids is 1. The topological polar surface area (TPSA) is 77.0 Å². The van der Waals surface area contributed by atoms with Crippen LogP contribution in [0.2, 0.25) is 0 Å². The van der Waals surface area contributed by atoms with Crippen molar-refractivity contribution in [2.24, 2.45) is 0 Å². The average Bonchev–Trinajstić information content (AvgIpc) is 3.37. The molecule has 1 fully saturated rings. The van der Waals surface area contributed by atoms with Gasteiger partial charge >= 0.3 is 0 Å². The maximum Gasteiger partial charge on any atom is 0.276 e. The molecular formula is C20H23N5O2. The Morgan fingerprint density at radius 3 is 3.00 bits per heavy atom. The van der Waals surface area contributed by atoms with Crippen LogP contribution < -0.4 is 0 Å². The highest BCUT2D eigenvalue weighted by atomic mass is 16.3. The van der Waals surface area contributed by atoms with Crippen molar-refractivity contribution in [3.8, 4) is 0 Å². The molecule has 0 aliphatic carbocycles. The number of likely N-dealkylation sites (tertiary alicyclic amines) is 1. The molecule has 7 nitrogen and oxygen atoms in total. The Morgan fingerprint density at radius 2 is 2.19 bits per heavy atom. The van der Waals surface area contributed by atoms with Crippen LogP contribution in [0.1, 0.15) is 53.5 Å². The molecule has 0 aromatic carbocycles. The van der Waals surface area contributed by atoms with Gasteiger partial charge < -0.3 is 13.9 Å². The van der Waals surface area contributed by atoms with Gasteiger partial charge in [-0.05, 0) is 25.0 Å². The van der Waals surface area contributed by atoms with Crippen molar-refractivity contribution < 1.29 is 9.21 Å². The van der Waals surface area contributed by atoms with Crippen molar-refractivity contribution in [1.82, 2.24) is 24.4 Å². The van der Waals surface area contributed by atoms with Gasteiger partial charge in [0, 0.05) is 44.0 Å². The zero-order valence-corrected chi connectivity index (χ0v) is 15.4. The minimum absolute atomic E-state index is 0.0480. The van der Waals surface area contributed by atoms with E-state index in [9.17, 15) is 4.79 Å². The van der Waals surface area contributed by atoms with Gasteiger partial charge in [-0.2, -0.15) is 0 Å². The number of piperidine rings is 1. The molecule has 4 heterocycles. The third-order valence-electron chi connectivity index (χ3n) is 5.04. The van der Waals surface area contributed by atoms with E-state index in [4.69, 9.17) is 4.42 Å². The molecule has 1 saturated heterocycles. The fourth-order valence-electron chi connectivity index (χ4n) is 3.70. The van der Waals surface area contributed by atoms with Crippen molar-refractivity contribution in [3.63, 3.8) is 0 Å². The summed E-state index contributed by atoms with van der Waals surface area (Å²) in [6, 6.07) is 5.91. The summed E-state index contributed by atoms with van der Waals surface area (Å²) >= 11 is 0. The van der Waals surface area contributed by atoms with Crippen LogP contribution in [0.15, 0.2) is 47.6 Å². The molecule has 0 bridgehead atoms. The average molecular weight is 365 g/mol. The molecule has 7 heteroatoms. The van der Waals surface area contributed by atoms with Crippen LogP contribution in [-0.2, 0) is 13.0 Å². The standard InChI is InChI=1S/C20H23N5O2/c1-2-17-18(23-14-27-17)20(26)25-10-5-6-15(12-25)19-22-9-11-24(19)13-16-7-3-4-8-21-16/h3-4,7-9,11,14-15H,2,5-6,10,12-13H2,1H3/t15-/m1/s1. The van der Waals surface area contributed by atoms with Crippen LogP contribution in [0.3, 0.4) is 0 Å². The number of nitrogens with zero attached hydrogens (tertiary/aromatic N) is 5. The van der Waals surface area contributed by atoms with E-state index in [0.29, 0.717) is 31.0 Å². The summed E-state index contributed by atoms with van der Waals surface area (Å²) in [5.74, 6) is 1.82. The van der Waals surface area contributed by atoms with E-state index >= 15 is 0 Å². The molecule has 3 aromatic rings. The van der Waals surface area contributed by atoms with Crippen molar-refractivity contribution in [2.75, 3.05) is 13.1 Å². The Bertz CT molecular complexity index is 902. The summed E-state index contributed by atoms with van der Waals surface area (Å²) in [7, 11) is 0. The fraction of sp³-hybridized carbons (Fsp3) is 0.400. The number of amides is 1. The zero-order valence-electron chi connectivity index (χ0n) is 15.4. The maximum absolute atomic E-state index is 12.9. The molecule has 0 saturated carbocycles. The third-order valence-corrected chi connectivity index (χ3v) is 5.04. The number of aromatic nitrogens is 4. The lowest BCUT2D eigenvalue weighted by Gasteiger charge is -2.32. The second-order valence-electron chi connectivity index (χ2n) is 6.80. The molecule has 1 aliphatic heterocycles. The number of hydrogen-bond donors (Lipinski definition) is 0. The van der Waals surface area contributed by atoms with E-state index in [-0.39, 0.29) is 11.8 Å². The summed E-state index contributed by atoms with van der Waals surface area (Å²) in [5.41, 5.74) is 1.44. The van der Waals surface area contributed by atoms with Crippen LogP contribution >= 0.6 is 0 Å². The van der Waals surface area contributed by atoms with Gasteiger partial charge in [-0.15, -0.1) is 0 Å². The summed E-state index contributed by atoms with van der Waals surface area (Å²) < 4.78 is 7.46. The molecule has 140 valence electrons.